The van der Waals surface area contributed by atoms with E-state index in [0.29, 0.717) is 12.8 Å². The lowest BCUT2D eigenvalue weighted by molar-refractivity contribution is -0.107. The first-order chi connectivity index (χ1) is 6.26. The van der Waals surface area contributed by atoms with Crippen molar-refractivity contribution >= 4 is 22.2 Å². The van der Waals surface area contributed by atoms with Gasteiger partial charge in [-0.2, -0.15) is 0 Å². The molecule has 1 N–H and O–H groups in total. The molecule has 0 fully saturated rings. The Morgan fingerprint density at radius 2 is 2.00 bits per heavy atom. The van der Waals surface area contributed by atoms with Crippen LogP contribution in [0.5, 0.6) is 0 Å². The Labute approximate surface area is 85.7 Å². The maximum atomic E-state index is 10.3. The molecule has 3 heteroatoms. The molecule has 0 saturated carbocycles. The van der Waals surface area contributed by atoms with Crippen molar-refractivity contribution in [2.45, 2.75) is 12.8 Å². The lowest BCUT2D eigenvalue weighted by Gasteiger charge is -2.02. The summed E-state index contributed by atoms with van der Waals surface area (Å²) >= 11 is 3.36. The van der Waals surface area contributed by atoms with Gasteiger partial charge in [0.1, 0.15) is 6.29 Å². The van der Waals surface area contributed by atoms with E-state index in [1.54, 1.807) is 0 Å². The molecule has 0 spiro atoms. The number of aliphatic hydroxyl groups is 1. The van der Waals surface area contributed by atoms with E-state index in [9.17, 15) is 4.79 Å². The third kappa shape index (κ3) is 3.28. The molecule has 2 nitrogen and oxygen atoms in total. The van der Waals surface area contributed by atoms with Crippen molar-refractivity contribution in [1.82, 2.24) is 0 Å². The third-order valence-electron chi connectivity index (χ3n) is 1.74. The van der Waals surface area contributed by atoms with Crippen LogP contribution < -0.4 is 0 Å². The van der Waals surface area contributed by atoms with Gasteiger partial charge in [0.15, 0.2) is 0 Å². The number of benzene rings is 1. The minimum absolute atomic E-state index is 0.136. The molecule has 0 aliphatic rings. The van der Waals surface area contributed by atoms with Gasteiger partial charge in [-0.3, -0.25) is 0 Å². The first-order valence-corrected chi connectivity index (χ1v) is 4.88. The maximum absolute atomic E-state index is 10.3. The highest BCUT2D eigenvalue weighted by Gasteiger charge is 1.98. The highest BCUT2D eigenvalue weighted by Crippen LogP contribution is 2.16. The van der Waals surface area contributed by atoms with Gasteiger partial charge in [-0.25, -0.2) is 0 Å². The predicted octanol–water partition coefficient (Wildman–Crippen LogP) is 1.73. The molecule has 0 saturated heterocycles. The summed E-state index contributed by atoms with van der Waals surface area (Å²) in [7, 11) is 0. The molecule has 0 aliphatic heterocycles. The molecule has 70 valence electrons. The lowest BCUT2D eigenvalue weighted by Crippen LogP contribution is -1.94. The molecule has 13 heavy (non-hydrogen) atoms. The van der Waals surface area contributed by atoms with Crippen LogP contribution in [0.2, 0.25) is 0 Å². The number of carbonyl (C=O) groups excluding carboxylic acids is 1. The predicted molar refractivity (Wildman–Crippen MR) is 54.7 cm³/mol. The summed E-state index contributed by atoms with van der Waals surface area (Å²) in [5.41, 5.74) is 2.03. The minimum atomic E-state index is 0.136. The van der Waals surface area contributed by atoms with E-state index in [2.05, 4.69) is 15.9 Å². The van der Waals surface area contributed by atoms with Gasteiger partial charge >= 0.3 is 0 Å². The number of halogens is 1. The summed E-state index contributed by atoms with van der Waals surface area (Å²) in [4.78, 5) is 10.3. The molecule has 1 rings (SSSR count). The van der Waals surface area contributed by atoms with Gasteiger partial charge in [-0.1, -0.05) is 22.0 Å². The fourth-order valence-electron chi connectivity index (χ4n) is 1.20. The van der Waals surface area contributed by atoms with E-state index in [-0.39, 0.29) is 6.61 Å². The van der Waals surface area contributed by atoms with Gasteiger partial charge in [0.05, 0.1) is 0 Å². The normalized spacial score (nSPS) is 10.0. The van der Waals surface area contributed by atoms with Crippen LogP contribution in [0.15, 0.2) is 22.7 Å². The Hall–Kier alpha value is -0.670. The second-order valence-corrected chi connectivity index (χ2v) is 3.73. The van der Waals surface area contributed by atoms with Crippen LogP contribution in [0.4, 0.5) is 0 Å². The summed E-state index contributed by atoms with van der Waals surface area (Å²) in [5, 5.41) is 8.75. The highest BCUT2D eigenvalue weighted by molar-refractivity contribution is 9.10. The number of aldehydes is 1. The zero-order chi connectivity index (χ0) is 9.68. The van der Waals surface area contributed by atoms with Gasteiger partial charge in [0.25, 0.3) is 0 Å². The first kappa shape index (κ1) is 10.4. The van der Waals surface area contributed by atoms with Gasteiger partial charge in [-0.15, -0.1) is 0 Å². The summed E-state index contributed by atoms with van der Waals surface area (Å²) in [6.45, 7) is 0.136. The monoisotopic (exact) mass is 242 g/mol. The molecule has 0 atom stereocenters. The van der Waals surface area contributed by atoms with E-state index in [0.717, 1.165) is 21.9 Å². The van der Waals surface area contributed by atoms with E-state index < -0.39 is 0 Å². The van der Waals surface area contributed by atoms with Crippen molar-refractivity contribution in [3.63, 3.8) is 0 Å². The van der Waals surface area contributed by atoms with Gasteiger partial charge < -0.3 is 9.90 Å². The number of hydrogen-bond acceptors (Lipinski definition) is 2. The summed E-state index contributed by atoms with van der Waals surface area (Å²) in [6.07, 6.45) is 1.94. The van der Waals surface area contributed by atoms with Crippen molar-refractivity contribution in [1.29, 1.82) is 0 Å². The van der Waals surface area contributed by atoms with Crippen molar-refractivity contribution in [2.24, 2.45) is 0 Å². The van der Waals surface area contributed by atoms with E-state index >= 15 is 0 Å². The Morgan fingerprint density at radius 1 is 1.31 bits per heavy atom. The van der Waals surface area contributed by atoms with Crippen LogP contribution in [-0.2, 0) is 17.6 Å². The molecule has 0 aliphatic carbocycles. The average Bonchev–Trinajstić information content (AvgIpc) is 2.04. The van der Waals surface area contributed by atoms with Gasteiger partial charge in [0.2, 0.25) is 0 Å². The minimum Gasteiger partial charge on any atom is -0.396 e. The molecule has 0 amide bonds. The molecule has 0 radical (unpaired) electrons. The Bertz CT molecular complexity index is 297. The molecule has 0 bridgehead atoms. The van der Waals surface area contributed by atoms with Crippen molar-refractivity contribution in [3.05, 3.63) is 33.8 Å². The smallest absolute Gasteiger partial charge is 0.124 e. The van der Waals surface area contributed by atoms with Crippen LogP contribution in [0.3, 0.4) is 0 Å². The lowest BCUT2D eigenvalue weighted by atomic mass is 10.1. The van der Waals surface area contributed by atoms with E-state index in [4.69, 9.17) is 5.11 Å². The molecule has 0 unspecified atom stereocenters. The highest BCUT2D eigenvalue weighted by atomic mass is 79.9. The van der Waals surface area contributed by atoms with Gasteiger partial charge in [-0.05, 0) is 29.7 Å². The molecule has 1 aromatic carbocycles. The number of carbonyl (C=O) groups is 1. The molecular formula is C10H11BrO2. The molecule has 1 aromatic rings. The van der Waals surface area contributed by atoms with Crippen molar-refractivity contribution in [3.8, 4) is 0 Å². The SMILES string of the molecule is O=CCc1cc(Br)cc(CCO)c1. The fourth-order valence-corrected chi connectivity index (χ4v) is 1.79. The standard InChI is InChI=1S/C10H11BrO2/c11-10-6-8(1-3-12)5-9(7-10)2-4-13/h3,5-7,13H,1-2,4H2. The van der Waals surface area contributed by atoms with Crippen LogP contribution in [0.1, 0.15) is 11.1 Å². The Balaban J connectivity index is 2.89. The summed E-state index contributed by atoms with van der Waals surface area (Å²) in [6, 6.07) is 5.80. The molecule has 0 heterocycles. The Morgan fingerprint density at radius 3 is 2.62 bits per heavy atom. The van der Waals surface area contributed by atoms with Crippen LogP contribution in [0, 0.1) is 0 Å². The maximum Gasteiger partial charge on any atom is 0.124 e. The van der Waals surface area contributed by atoms with E-state index in [1.807, 2.05) is 18.2 Å². The van der Waals surface area contributed by atoms with Crippen LogP contribution in [-0.4, -0.2) is 18.0 Å². The van der Waals surface area contributed by atoms with Crippen LogP contribution >= 0.6 is 15.9 Å². The third-order valence-corrected chi connectivity index (χ3v) is 2.19. The largest absolute Gasteiger partial charge is 0.396 e. The fraction of sp³-hybridized carbons (Fsp3) is 0.300. The number of rotatable bonds is 4. The molecular weight excluding hydrogens is 232 g/mol. The molecule has 0 aromatic heterocycles. The number of hydrogen-bond donors (Lipinski definition) is 1. The van der Waals surface area contributed by atoms with Crippen molar-refractivity contribution in [2.75, 3.05) is 6.61 Å². The first-order valence-electron chi connectivity index (χ1n) is 4.09. The van der Waals surface area contributed by atoms with E-state index in [1.165, 1.54) is 0 Å². The summed E-state index contributed by atoms with van der Waals surface area (Å²) < 4.78 is 0.954. The zero-order valence-corrected chi connectivity index (χ0v) is 8.75. The Kier molecular flexibility index (Phi) is 4.12. The van der Waals surface area contributed by atoms with Crippen LogP contribution in [0.25, 0.3) is 0 Å². The second-order valence-electron chi connectivity index (χ2n) is 2.81. The number of aliphatic hydroxyl groups excluding tert-OH is 1. The quantitative estimate of drug-likeness (QED) is 0.817. The second kappa shape index (κ2) is 5.14. The topological polar surface area (TPSA) is 37.3 Å². The van der Waals surface area contributed by atoms with Crippen molar-refractivity contribution < 1.29 is 9.90 Å². The van der Waals surface area contributed by atoms with Gasteiger partial charge in [0, 0.05) is 17.5 Å². The average molecular weight is 243 g/mol. The summed E-state index contributed by atoms with van der Waals surface area (Å²) in [5.74, 6) is 0. The zero-order valence-electron chi connectivity index (χ0n) is 7.16.